The molecule has 67 heavy (non-hydrogen) atoms. The van der Waals surface area contributed by atoms with Crippen LogP contribution in [0.25, 0.3) is 0 Å². The van der Waals surface area contributed by atoms with Crippen LogP contribution in [0.1, 0.15) is 316 Å². The lowest BCUT2D eigenvalue weighted by molar-refractivity contribution is -0.143. The first-order valence-corrected chi connectivity index (χ1v) is 29.8. The molecule has 0 aliphatic heterocycles. The average molecular weight is 943 g/mol. The number of allylic oxidation sites excluding steroid dienone is 5. The van der Waals surface area contributed by atoms with E-state index in [2.05, 4.69) is 43.5 Å². The number of ether oxygens (including phenoxy) is 1. The number of nitrogens with one attached hydrogen (secondary N) is 1. The van der Waals surface area contributed by atoms with E-state index >= 15 is 0 Å². The van der Waals surface area contributed by atoms with E-state index in [1.54, 1.807) is 6.08 Å². The fourth-order valence-corrected chi connectivity index (χ4v) is 9.08. The molecule has 0 saturated heterocycles. The average Bonchev–Trinajstić information content (AvgIpc) is 3.33. The van der Waals surface area contributed by atoms with Crippen molar-refractivity contribution in [1.82, 2.24) is 5.32 Å². The second-order valence-electron chi connectivity index (χ2n) is 20.3. The van der Waals surface area contributed by atoms with E-state index in [0.717, 1.165) is 51.4 Å². The Morgan fingerprint density at radius 2 is 0.746 bits per heavy atom. The van der Waals surface area contributed by atoms with Gasteiger partial charge in [0.15, 0.2) is 0 Å². The summed E-state index contributed by atoms with van der Waals surface area (Å²) in [5, 5.41) is 22.9. The number of aliphatic hydroxyl groups is 2. The molecule has 6 nitrogen and oxygen atoms in total. The molecule has 6 heteroatoms. The van der Waals surface area contributed by atoms with Crippen LogP contribution >= 0.6 is 0 Å². The van der Waals surface area contributed by atoms with Crippen LogP contribution in [-0.4, -0.2) is 47.4 Å². The van der Waals surface area contributed by atoms with E-state index < -0.39 is 12.1 Å². The summed E-state index contributed by atoms with van der Waals surface area (Å²) in [7, 11) is 0. The van der Waals surface area contributed by atoms with Gasteiger partial charge in [-0.2, -0.15) is 0 Å². The van der Waals surface area contributed by atoms with Crippen LogP contribution in [0.2, 0.25) is 0 Å². The monoisotopic (exact) mass is 942 g/mol. The Morgan fingerprint density at radius 1 is 0.418 bits per heavy atom. The van der Waals surface area contributed by atoms with E-state index in [0.29, 0.717) is 19.4 Å². The van der Waals surface area contributed by atoms with Gasteiger partial charge in [-0.3, -0.25) is 9.59 Å². The van der Waals surface area contributed by atoms with Crippen LogP contribution in [0.15, 0.2) is 36.5 Å². The Bertz CT molecular complexity index is 1090. The van der Waals surface area contributed by atoms with Gasteiger partial charge in [0, 0.05) is 12.8 Å². The minimum absolute atomic E-state index is 0.00246. The lowest BCUT2D eigenvalue weighted by Crippen LogP contribution is -2.45. The maximum atomic E-state index is 12.4. The quantitative estimate of drug-likeness (QED) is 0.0321. The van der Waals surface area contributed by atoms with Crippen molar-refractivity contribution in [3.8, 4) is 0 Å². The van der Waals surface area contributed by atoms with Gasteiger partial charge in [-0.1, -0.05) is 275 Å². The fourth-order valence-electron chi connectivity index (χ4n) is 9.08. The molecule has 0 aromatic carbocycles. The highest BCUT2D eigenvalue weighted by atomic mass is 16.5. The second-order valence-corrected chi connectivity index (χ2v) is 20.3. The van der Waals surface area contributed by atoms with Gasteiger partial charge in [0.2, 0.25) is 5.91 Å². The minimum Gasteiger partial charge on any atom is -0.466 e. The summed E-state index contributed by atoms with van der Waals surface area (Å²) in [6.45, 7) is 4.85. The van der Waals surface area contributed by atoms with E-state index in [4.69, 9.17) is 4.74 Å². The summed E-state index contributed by atoms with van der Waals surface area (Å²) in [4.78, 5) is 24.4. The zero-order valence-corrected chi connectivity index (χ0v) is 44.9. The number of hydrogen-bond acceptors (Lipinski definition) is 5. The number of aliphatic hydroxyl groups excluding tert-OH is 2. The van der Waals surface area contributed by atoms with Gasteiger partial charge in [0.1, 0.15) is 0 Å². The molecule has 0 aromatic rings. The summed E-state index contributed by atoms with van der Waals surface area (Å²) in [6, 6.07) is -0.624. The van der Waals surface area contributed by atoms with Crippen molar-refractivity contribution in [2.75, 3.05) is 13.2 Å². The van der Waals surface area contributed by atoms with Gasteiger partial charge in [-0.25, -0.2) is 0 Å². The number of rotatable bonds is 55. The minimum atomic E-state index is -0.840. The first-order chi connectivity index (χ1) is 33.0. The largest absolute Gasteiger partial charge is 0.466 e. The smallest absolute Gasteiger partial charge is 0.305 e. The van der Waals surface area contributed by atoms with Crippen molar-refractivity contribution >= 4 is 11.9 Å². The molecule has 0 rings (SSSR count). The Hall–Kier alpha value is -1.92. The zero-order valence-electron chi connectivity index (χ0n) is 44.9. The Kier molecular flexibility index (Phi) is 55.0. The van der Waals surface area contributed by atoms with E-state index in [1.165, 1.54) is 238 Å². The summed E-state index contributed by atoms with van der Waals surface area (Å²) in [5.41, 5.74) is 0. The predicted molar refractivity (Wildman–Crippen MR) is 292 cm³/mol. The molecular formula is C61H115NO5. The summed E-state index contributed by atoms with van der Waals surface area (Å²) in [6.07, 6.45) is 70.5. The maximum Gasteiger partial charge on any atom is 0.305 e. The van der Waals surface area contributed by atoms with E-state index in [-0.39, 0.29) is 18.5 Å². The predicted octanol–water partition coefficient (Wildman–Crippen LogP) is 18.4. The number of esters is 1. The third-order valence-corrected chi connectivity index (χ3v) is 13.7. The topological polar surface area (TPSA) is 95.9 Å². The SMILES string of the molecule is CCCCC/C=C\C/C=C\CCCCCCCC(=O)OCCCCCCCCCCCCCCCCCCCCCCCCCCCCC(=O)NC(CO)C(O)/C=C/CCCCCCCCC. The Labute approximate surface area is 417 Å². The van der Waals surface area contributed by atoms with Crippen molar-refractivity contribution in [3.05, 3.63) is 36.5 Å². The van der Waals surface area contributed by atoms with Crippen LogP contribution in [0.3, 0.4) is 0 Å². The molecule has 0 radical (unpaired) electrons. The molecule has 0 saturated carbocycles. The van der Waals surface area contributed by atoms with Crippen LogP contribution in [0.4, 0.5) is 0 Å². The normalized spacial score (nSPS) is 12.8. The van der Waals surface area contributed by atoms with Gasteiger partial charge in [-0.15, -0.1) is 0 Å². The molecular weight excluding hydrogens is 827 g/mol. The van der Waals surface area contributed by atoms with Crippen molar-refractivity contribution in [2.24, 2.45) is 0 Å². The standard InChI is InChI=1S/C61H115NO5/c1-3-5-7-9-11-13-14-15-28-32-35-39-43-47-51-55-61(66)67-56-52-48-44-40-36-33-30-27-25-23-21-19-17-16-18-20-22-24-26-29-31-34-38-42-46-50-54-60(65)62-58(57-63)59(64)53-49-45-41-37-12-10-8-6-4-2/h11,13,15,28,49,53,58-59,63-64H,3-10,12,14,16-27,29-48,50-52,54-57H2,1-2H3,(H,62,65)/b13-11-,28-15-,53-49+. The highest BCUT2D eigenvalue weighted by molar-refractivity contribution is 5.76. The molecule has 394 valence electrons. The van der Waals surface area contributed by atoms with Crippen molar-refractivity contribution < 1.29 is 24.5 Å². The van der Waals surface area contributed by atoms with Crippen molar-refractivity contribution in [1.29, 1.82) is 0 Å². The van der Waals surface area contributed by atoms with Crippen LogP contribution in [0, 0.1) is 0 Å². The van der Waals surface area contributed by atoms with E-state index in [1.807, 2.05) is 6.08 Å². The van der Waals surface area contributed by atoms with Crippen molar-refractivity contribution in [2.45, 2.75) is 328 Å². The van der Waals surface area contributed by atoms with Crippen LogP contribution < -0.4 is 5.32 Å². The fraction of sp³-hybridized carbons (Fsp3) is 0.869. The van der Waals surface area contributed by atoms with Gasteiger partial charge in [0.05, 0.1) is 25.4 Å². The zero-order chi connectivity index (χ0) is 48.6. The molecule has 3 N–H and O–H groups in total. The number of carbonyl (C=O) groups excluding carboxylic acids is 2. The van der Waals surface area contributed by atoms with Crippen LogP contribution in [0.5, 0.6) is 0 Å². The van der Waals surface area contributed by atoms with Gasteiger partial charge in [-0.05, 0) is 64.2 Å². The Morgan fingerprint density at radius 3 is 1.16 bits per heavy atom. The molecule has 2 atom stereocenters. The first-order valence-electron chi connectivity index (χ1n) is 29.8. The second kappa shape index (κ2) is 56.7. The van der Waals surface area contributed by atoms with E-state index in [9.17, 15) is 19.8 Å². The molecule has 0 bridgehead atoms. The molecule has 1 amide bonds. The van der Waals surface area contributed by atoms with Crippen LogP contribution in [-0.2, 0) is 14.3 Å². The molecule has 0 spiro atoms. The molecule has 0 fully saturated rings. The number of carbonyl (C=O) groups is 2. The third kappa shape index (κ3) is 53.3. The summed E-state index contributed by atoms with van der Waals surface area (Å²) >= 11 is 0. The molecule has 0 heterocycles. The first kappa shape index (κ1) is 65.1. The lowest BCUT2D eigenvalue weighted by Gasteiger charge is -2.20. The van der Waals surface area contributed by atoms with Gasteiger partial charge in [0.25, 0.3) is 0 Å². The molecule has 2 unspecified atom stereocenters. The van der Waals surface area contributed by atoms with Gasteiger partial charge < -0.3 is 20.3 Å². The molecule has 0 aliphatic carbocycles. The number of unbranched alkanes of at least 4 members (excludes halogenated alkanes) is 40. The van der Waals surface area contributed by atoms with Crippen molar-refractivity contribution in [3.63, 3.8) is 0 Å². The summed E-state index contributed by atoms with van der Waals surface area (Å²) < 4.78 is 5.48. The Balaban J connectivity index is 3.34. The maximum absolute atomic E-state index is 12.4. The highest BCUT2D eigenvalue weighted by Gasteiger charge is 2.18. The number of hydrogen-bond donors (Lipinski definition) is 3. The highest BCUT2D eigenvalue weighted by Crippen LogP contribution is 2.17. The summed E-state index contributed by atoms with van der Waals surface area (Å²) in [5.74, 6) is -0.0659. The van der Waals surface area contributed by atoms with Gasteiger partial charge >= 0.3 is 5.97 Å². The number of amides is 1. The molecule has 0 aliphatic rings. The lowest BCUT2D eigenvalue weighted by atomic mass is 10.0. The third-order valence-electron chi connectivity index (χ3n) is 13.7. The molecule has 0 aromatic heterocycles.